The van der Waals surface area contributed by atoms with Crippen molar-refractivity contribution >= 4 is 17.0 Å². The molecule has 1 N–H and O–H groups in total. The molecule has 1 aliphatic heterocycles. The van der Waals surface area contributed by atoms with Gasteiger partial charge in [0.15, 0.2) is 0 Å². The number of carboxylic acids is 1. The Balaban J connectivity index is 1.79. The smallest absolute Gasteiger partial charge is 0.335 e. The lowest BCUT2D eigenvalue weighted by Gasteiger charge is -2.31. The Morgan fingerprint density at radius 1 is 1.52 bits per heavy atom. The SMILES string of the molecule is CCN1CCOC(Cn2nnc3cc(C(=O)O)ccc32)C1. The summed E-state index contributed by atoms with van der Waals surface area (Å²) in [6.45, 7) is 6.35. The van der Waals surface area contributed by atoms with Gasteiger partial charge in [-0.1, -0.05) is 12.1 Å². The van der Waals surface area contributed by atoms with Crippen molar-refractivity contribution in [1.29, 1.82) is 0 Å². The van der Waals surface area contributed by atoms with Crippen LogP contribution in [0, 0.1) is 0 Å². The molecule has 1 saturated heterocycles. The molecule has 7 heteroatoms. The second-order valence-corrected chi connectivity index (χ2v) is 5.17. The van der Waals surface area contributed by atoms with Gasteiger partial charge >= 0.3 is 5.97 Å². The van der Waals surface area contributed by atoms with Crippen molar-refractivity contribution < 1.29 is 14.6 Å². The van der Waals surface area contributed by atoms with E-state index in [0.29, 0.717) is 12.1 Å². The quantitative estimate of drug-likeness (QED) is 0.899. The van der Waals surface area contributed by atoms with Gasteiger partial charge in [-0.05, 0) is 24.7 Å². The van der Waals surface area contributed by atoms with E-state index in [9.17, 15) is 4.79 Å². The topological polar surface area (TPSA) is 80.5 Å². The first-order valence-electron chi connectivity index (χ1n) is 7.08. The molecule has 1 fully saturated rings. The van der Waals surface area contributed by atoms with E-state index in [1.54, 1.807) is 22.9 Å². The molecular weight excluding hydrogens is 272 g/mol. The third-order valence-electron chi connectivity index (χ3n) is 3.81. The van der Waals surface area contributed by atoms with Gasteiger partial charge in [0.1, 0.15) is 5.52 Å². The zero-order valence-electron chi connectivity index (χ0n) is 11.9. The summed E-state index contributed by atoms with van der Waals surface area (Å²) in [5, 5.41) is 17.2. The monoisotopic (exact) mass is 290 g/mol. The molecule has 2 aromatic rings. The van der Waals surface area contributed by atoms with Crippen LogP contribution in [0.1, 0.15) is 17.3 Å². The normalized spacial score (nSPS) is 20.0. The maximum Gasteiger partial charge on any atom is 0.335 e. The Labute approximate surface area is 122 Å². The minimum Gasteiger partial charge on any atom is -0.478 e. The predicted molar refractivity (Wildman–Crippen MR) is 76.3 cm³/mol. The molecule has 2 heterocycles. The molecule has 0 amide bonds. The first kappa shape index (κ1) is 14.0. The van der Waals surface area contributed by atoms with Crippen molar-refractivity contribution in [3.8, 4) is 0 Å². The highest BCUT2D eigenvalue weighted by Gasteiger charge is 2.21. The number of carbonyl (C=O) groups is 1. The van der Waals surface area contributed by atoms with Crippen LogP contribution in [0.2, 0.25) is 0 Å². The van der Waals surface area contributed by atoms with E-state index < -0.39 is 5.97 Å². The highest BCUT2D eigenvalue weighted by atomic mass is 16.5. The number of hydrogen-bond donors (Lipinski definition) is 1. The van der Waals surface area contributed by atoms with Crippen LogP contribution in [0.15, 0.2) is 18.2 Å². The van der Waals surface area contributed by atoms with Gasteiger partial charge in [-0.2, -0.15) is 0 Å². The standard InChI is InChI=1S/C14H18N4O3/c1-2-17-5-6-21-11(8-17)9-18-13-4-3-10(14(19)20)7-12(13)15-16-18/h3-4,7,11H,2,5-6,8-9H2,1H3,(H,19,20). The van der Waals surface area contributed by atoms with Gasteiger partial charge in [0.25, 0.3) is 0 Å². The lowest BCUT2D eigenvalue weighted by atomic mass is 10.2. The van der Waals surface area contributed by atoms with Crippen LogP contribution in [-0.2, 0) is 11.3 Å². The number of likely N-dealkylation sites (N-methyl/N-ethyl adjacent to an activating group) is 1. The maximum atomic E-state index is 11.0. The van der Waals surface area contributed by atoms with Gasteiger partial charge in [0.05, 0.1) is 30.3 Å². The molecule has 0 saturated carbocycles. The average molecular weight is 290 g/mol. The Hall–Kier alpha value is -1.99. The minimum absolute atomic E-state index is 0.0859. The summed E-state index contributed by atoms with van der Waals surface area (Å²) in [7, 11) is 0. The molecule has 1 aliphatic rings. The van der Waals surface area contributed by atoms with Gasteiger partial charge in [0.2, 0.25) is 0 Å². The first-order valence-corrected chi connectivity index (χ1v) is 7.08. The zero-order valence-corrected chi connectivity index (χ0v) is 11.9. The number of benzene rings is 1. The third-order valence-corrected chi connectivity index (χ3v) is 3.81. The van der Waals surface area contributed by atoms with Gasteiger partial charge in [-0.3, -0.25) is 4.90 Å². The number of carboxylic acid groups (broad SMARTS) is 1. The number of aromatic carboxylic acids is 1. The molecule has 7 nitrogen and oxygen atoms in total. The molecule has 21 heavy (non-hydrogen) atoms. The Kier molecular flexibility index (Phi) is 3.85. The summed E-state index contributed by atoms with van der Waals surface area (Å²) >= 11 is 0. The zero-order chi connectivity index (χ0) is 14.8. The fraction of sp³-hybridized carbons (Fsp3) is 0.500. The van der Waals surface area contributed by atoms with Crippen molar-refractivity contribution in [3.63, 3.8) is 0 Å². The fourth-order valence-electron chi connectivity index (χ4n) is 2.61. The summed E-state index contributed by atoms with van der Waals surface area (Å²) in [5.74, 6) is -0.958. The van der Waals surface area contributed by atoms with Crippen LogP contribution in [0.3, 0.4) is 0 Å². The molecule has 0 aliphatic carbocycles. The second-order valence-electron chi connectivity index (χ2n) is 5.17. The van der Waals surface area contributed by atoms with Crippen molar-refractivity contribution in [2.75, 3.05) is 26.2 Å². The summed E-state index contributed by atoms with van der Waals surface area (Å²) in [4.78, 5) is 13.3. The largest absolute Gasteiger partial charge is 0.478 e. The third kappa shape index (κ3) is 2.88. The van der Waals surface area contributed by atoms with Gasteiger partial charge in [-0.15, -0.1) is 5.10 Å². The van der Waals surface area contributed by atoms with E-state index >= 15 is 0 Å². The van der Waals surface area contributed by atoms with E-state index in [1.807, 2.05) is 0 Å². The Morgan fingerprint density at radius 2 is 2.38 bits per heavy atom. The summed E-state index contributed by atoms with van der Waals surface area (Å²) in [5.41, 5.74) is 1.65. The van der Waals surface area contributed by atoms with E-state index in [1.165, 1.54) is 0 Å². The van der Waals surface area contributed by atoms with Crippen LogP contribution in [0.5, 0.6) is 0 Å². The van der Waals surface area contributed by atoms with Gasteiger partial charge in [-0.25, -0.2) is 9.48 Å². The van der Waals surface area contributed by atoms with E-state index in [2.05, 4.69) is 22.1 Å². The lowest BCUT2D eigenvalue weighted by molar-refractivity contribution is -0.0354. The van der Waals surface area contributed by atoms with Crippen molar-refractivity contribution in [2.24, 2.45) is 0 Å². The van der Waals surface area contributed by atoms with Crippen LogP contribution in [-0.4, -0.2) is 63.3 Å². The fourth-order valence-corrected chi connectivity index (χ4v) is 2.61. The van der Waals surface area contributed by atoms with Crippen LogP contribution in [0.4, 0.5) is 0 Å². The molecule has 1 unspecified atom stereocenters. The van der Waals surface area contributed by atoms with Crippen LogP contribution < -0.4 is 0 Å². The summed E-state index contributed by atoms with van der Waals surface area (Å²) < 4.78 is 7.55. The van der Waals surface area contributed by atoms with Crippen molar-refractivity contribution in [3.05, 3.63) is 23.8 Å². The molecular formula is C14H18N4O3. The number of morpholine rings is 1. The van der Waals surface area contributed by atoms with Gasteiger partial charge in [0, 0.05) is 13.1 Å². The second kappa shape index (κ2) is 5.79. The number of aromatic nitrogens is 3. The number of nitrogens with zero attached hydrogens (tertiary/aromatic N) is 4. The van der Waals surface area contributed by atoms with Gasteiger partial charge < -0.3 is 9.84 Å². The van der Waals surface area contributed by atoms with Crippen LogP contribution >= 0.6 is 0 Å². The van der Waals surface area contributed by atoms with E-state index in [0.717, 1.165) is 31.8 Å². The number of fused-ring (bicyclic) bond motifs is 1. The average Bonchev–Trinajstić information content (AvgIpc) is 2.90. The number of rotatable bonds is 4. The van der Waals surface area contributed by atoms with E-state index in [4.69, 9.17) is 9.84 Å². The molecule has 0 bridgehead atoms. The van der Waals surface area contributed by atoms with Crippen molar-refractivity contribution in [1.82, 2.24) is 19.9 Å². The van der Waals surface area contributed by atoms with E-state index in [-0.39, 0.29) is 11.7 Å². The minimum atomic E-state index is -0.958. The lowest BCUT2D eigenvalue weighted by Crippen LogP contribution is -2.44. The maximum absolute atomic E-state index is 11.0. The number of ether oxygens (including phenoxy) is 1. The molecule has 1 aromatic carbocycles. The first-order chi connectivity index (χ1) is 10.2. The summed E-state index contributed by atoms with van der Waals surface area (Å²) in [6, 6.07) is 4.87. The number of hydrogen-bond acceptors (Lipinski definition) is 5. The highest BCUT2D eigenvalue weighted by molar-refractivity contribution is 5.92. The Bertz CT molecular complexity index is 655. The molecule has 3 rings (SSSR count). The predicted octanol–water partition coefficient (Wildman–Crippen LogP) is 0.850. The highest BCUT2D eigenvalue weighted by Crippen LogP contribution is 2.15. The Morgan fingerprint density at radius 3 is 3.14 bits per heavy atom. The molecule has 0 spiro atoms. The molecule has 1 aromatic heterocycles. The van der Waals surface area contributed by atoms with Crippen LogP contribution in [0.25, 0.3) is 11.0 Å². The molecule has 112 valence electrons. The summed E-state index contributed by atoms with van der Waals surface area (Å²) in [6.07, 6.45) is 0.0859. The molecule has 0 radical (unpaired) electrons. The molecule has 1 atom stereocenters. The van der Waals surface area contributed by atoms with Crippen molar-refractivity contribution in [2.45, 2.75) is 19.6 Å².